The van der Waals surface area contributed by atoms with Gasteiger partial charge in [-0.2, -0.15) is 0 Å². The minimum Gasteiger partial charge on any atom is -0.467 e. The second kappa shape index (κ2) is 5.76. The van der Waals surface area contributed by atoms with E-state index in [2.05, 4.69) is 15.0 Å². The van der Waals surface area contributed by atoms with Gasteiger partial charge in [-0.25, -0.2) is 4.79 Å². The maximum absolute atomic E-state index is 11.7. The van der Waals surface area contributed by atoms with Crippen molar-refractivity contribution >= 4 is 23.3 Å². The molecule has 1 aromatic rings. The number of nitrogens with two attached hydrogens (primary N) is 1. The lowest BCUT2D eigenvalue weighted by atomic mass is 10.1. The fraction of sp³-hybridized carbons (Fsp3) is 0.273. The molecule has 0 aliphatic rings. The Morgan fingerprint density at radius 2 is 2.11 bits per heavy atom. The number of amides is 1. The van der Waals surface area contributed by atoms with Gasteiger partial charge in [-0.3, -0.25) is 14.6 Å². The zero-order valence-corrected chi connectivity index (χ0v) is 9.97. The van der Waals surface area contributed by atoms with Crippen LogP contribution in [0, 0.1) is 0 Å². The molecule has 18 heavy (non-hydrogen) atoms. The summed E-state index contributed by atoms with van der Waals surface area (Å²) in [5.41, 5.74) is 5.69. The summed E-state index contributed by atoms with van der Waals surface area (Å²) in [6.07, 6.45) is 2.60. The first-order valence-electron chi connectivity index (χ1n) is 5.10. The zero-order chi connectivity index (χ0) is 13.7. The molecular formula is C11H13N3O4. The Bertz CT molecular complexity index is 487. The van der Waals surface area contributed by atoms with Gasteiger partial charge in [-0.05, 0) is 13.0 Å². The third-order valence-electron chi connectivity index (χ3n) is 2.21. The fourth-order valence-electron chi connectivity index (χ4n) is 1.22. The molecule has 0 spiro atoms. The predicted molar refractivity (Wildman–Crippen MR) is 62.6 cm³/mol. The van der Waals surface area contributed by atoms with Crippen LogP contribution >= 0.6 is 0 Å². The predicted octanol–water partition coefficient (Wildman–Crippen LogP) is -0.476. The normalized spacial score (nSPS) is 11.4. The number of anilines is 1. The van der Waals surface area contributed by atoms with Crippen molar-refractivity contribution in [1.82, 2.24) is 10.3 Å². The second-order valence-corrected chi connectivity index (χ2v) is 3.51. The van der Waals surface area contributed by atoms with Crippen LogP contribution in [0.1, 0.15) is 17.3 Å². The molecule has 1 aromatic heterocycles. The zero-order valence-electron chi connectivity index (χ0n) is 9.97. The van der Waals surface area contributed by atoms with E-state index in [4.69, 9.17) is 5.73 Å². The van der Waals surface area contributed by atoms with E-state index in [1.54, 1.807) is 0 Å². The molecule has 1 rings (SSSR count). The molecule has 0 fully saturated rings. The van der Waals surface area contributed by atoms with Crippen molar-refractivity contribution in [2.45, 2.75) is 13.0 Å². The van der Waals surface area contributed by atoms with E-state index < -0.39 is 23.7 Å². The van der Waals surface area contributed by atoms with Crippen molar-refractivity contribution < 1.29 is 19.1 Å². The number of aromatic nitrogens is 1. The molecule has 1 amide bonds. The van der Waals surface area contributed by atoms with Crippen LogP contribution in [0.4, 0.5) is 5.69 Å². The van der Waals surface area contributed by atoms with Gasteiger partial charge < -0.3 is 15.8 Å². The number of methoxy groups -OCH3 is 1. The third-order valence-corrected chi connectivity index (χ3v) is 2.21. The summed E-state index contributed by atoms with van der Waals surface area (Å²) < 4.78 is 4.42. The first-order chi connectivity index (χ1) is 8.47. The smallest absolute Gasteiger partial charge is 0.328 e. The Labute approximate surface area is 103 Å². The van der Waals surface area contributed by atoms with Gasteiger partial charge in [0, 0.05) is 18.1 Å². The second-order valence-electron chi connectivity index (χ2n) is 3.51. The minimum absolute atomic E-state index is 0.00735. The van der Waals surface area contributed by atoms with Crippen LogP contribution in [0.5, 0.6) is 0 Å². The molecule has 0 aliphatic carbocycles. The maximum atomic E-state index is 11.7. The Balaban J connectivity index is 2.77. The minimum atomic E-state index is -0.937. The molecule has 0 saturated carbocycles. The molecule has 7 nitrogen and oxygen atoms in total. The summed E-state index contributed by atoms with van der Waals surface area (Å²) in [6.45, 7) is 1.41. The first-order valence-corrected chi connectivity index (χ1v) is 5.10. The van der Waals surface area contributed by atoms with Gasteiger partial charge in [-0.15, -0.1) is 0 Å². The standard InChI is InChI=1S/C11H13N3O4/c1-6(11(17)18-2)14-10(16)9(15)7-5-13-4-3-8(7)12/h3-6H,1-2H3,(H2,12,13)(H,14,16). The van der Waals surface area contributed by atoms with Gasteiger partial charge in [0.05, 0.1) is 12.7 Å². The van der Waals surface area contributed by atoms with Gasteiger partial charge in [0.2, 0.25) is 0 Å². The number of nitrogen functional groups attached to an aromatic ring is 1. The van der Waals surface area contributed by atoms with E-state index in [0.29, 0.717) is 0 Å². The van der Waals surface area contributed by atoms with Gasteiger partial charge in [0.15, 0.2) is 0 Å². The molecule has 1 heterocycles. The molecule has 1 unspecified atom stereocenters. The van der Waals surface area contributed by atoms with Crippen molar-refractivity contribution in [1.29, 1.82) is 0 Å². The van der Waals surface area contributed by atoms with Crippen LogP contribution in [-0.4, -0.2) is 35.8 Å². The number of ketones is 1. The number of ether oxygens (including phenoxy) is 1. The van der Waals surface area contributed by atoms with Gasteiger partial charge in [0.25, 0.3) is 11.7 Å². The van der Waals surface area contributed by atoms with Crippen LogP contribution in [-0.2, 0) is 14.3 Å². The SMILES string of the molecule is COC(=O)C(C)NC(=O)C(=O)c1cnccc1N. The molecule has 0 saturated heterocycles. The lowest BCUT2D eigenvalue weighted by molar-refractivity contribution is -0.144. The highest BCUT2D eigenvalue weighted by Gasteiger charge is 2.23. The van der Waals surface area contributed by atoms with Crippen LogP contribution in [0.25, 0.3) is 0 Å². The molecule has 3 N–H and O–H groups in total. The lowest BCUT2D eigenvalue weighted by Crippen LogP contribution is -2.42. The van der Waals surface area contributed by atoms with Gasteiger partial charge in [-0.1, -0.05) is 0 Å². The van der Waals surface area contributed by atoms with Crippen LogP contribution in [0.3, 0.4) is 0 Å². The Morgan fingerprint density at radius 1 is 1.44 bits per heavy atom. The van der Waals surface area contributed by atoms with Gasteiger partial charge >= 0.3 is 5.97 Å². The number of carbonyl (C=O) groups excluding carboxylic acids is 3. The number of hydrogen-bond donors (Lipinski definition) is 2. The molecular weight excluding hydrogens is 238 g/mol. The van der Waals surface area contributed by atoms with E-state index in [1.807, 2.05) is 0 Å². The van der Waals surface area contributed by atoms with E-state index in [0.717, 1.165) is 0 Å². The number of pyridine rings is 1. The van der Waals surface area contributed by atoms with Crippen molar-refractivity contribution in [2.24, 2.45) is 0 Å². The number of nitrogens with one attached hydrogen (secondary N) is 1. The van der Waals surface area contributed by atoms with E-state index in [9.17, 15) is 14.4 Å². The summed E-state index contributed by atoms with van der Waals surface area (Å²) in [6, 6.07) is 0.494. The number of carbonyl (C=O) groups is 3. The summed E-state index contributed by atoms with van der Waals surface area (Å²) >= 11 is 0. The lowest BCUT2D eigenvalue weighted by Gasteiger charge is -2.11. The highest BCUT2D eigenvalue weighted by Crippen LogP contribution is 2.09. The third kappa shape index (κ3) is 3.03. The molecule has 0 aliphatic heterocycles. The van der Waals surface area contributed by atoms with Crippen molar-refractivity contribution in [3.8, 4) is 0 Å². The number of rotatable bonds is 4. The van der Waals surface area contributed by atoms with Crippen LogP contribution in [0.15, 0.2) is 18.5 Å². The van der Waals surface area contributed by atoms with E-state index in [-0.39, 0.29) is 11.3 Å². The highest BCUT2D eigenvalue weighted by molar-refractivity contribution is 6.44. The fourth-order valence-corrected chi connectivity index (χ4v) is 1.22. The van der Waals surface area contributed by atoms with Crippen molar-refractivity contribution in [2.75, 3.05) is 12.8 Å². The monoisotopic (exact) mass is 251 g/mol. The highest BCUT2D eigenvalue weighted by atomic mass is 16.5. The van der Waals surface area contributed by atoms with Crippen LogP contribution < -0.4 is 11.1 Å². The largest absolute Gasteiger partial charge is 0.467 e. The number of esters is 1. The quantitative estimate of drug-likeness (QED) is 0.425. The topological polar surface area (TPSA) is 111 Å². The van der Waals surface area contributed by atoms with Crippen LogP contribution in [0.2, 0.25) is 0 Å². The molecule has 0 radical (unpaired) electrons. The summed E-state index contributed by atoms with van der Waals surface area (Å²) in [5.74, 6) is -2.43. The molecule has 96 valence electrons. The number of nitrogens with zero attached hydrogens (tertiary/aromatic N) is 1. The van der Waals surface area contributed by atoms with Gasteiger partial charge in [0.1, 0.15) is 6.04 Å². The summed E-state index contributed by atoms with van der Waals surface area (Å²) in [7, 11) is 1.19. The average molecular weight is 251 g/mol. The van der Waals surface area contributed by atoms with E-state index >= 15 is 0 Å². The number of Topliss-reactive ketones (excluding diaryl/α,β-unsaturated/α-hetero) is 1. The average Bonchev–Trinajstić information content (AvgIpc) is 2.37. The summed E-state index contributed by atoms with van der Waals surface area (Å²) in [4.78, 5) is 38.1. The van der Waals surface area contributed by atoms with Crippen molar-refractivity contribution in [3.63, 3.8) is 0 Å². The molecule has 7 heteroatoms. The maximum Gasteiger partial charge on any atom is 0.328 e. The first kappa shape index (κ1) is 13.6. The summed E-state index contributed by atoms with van der Waals surface area (Å²) in [5, 5.41) is 2.21. The molecule has 0 aromatic carbocycles. The molecule has 1 atom stereocenters. The van der Waals surface area contributed by atoms with E-state index in [1.165, 1.54) is 32.5 Å². The number of hydrogen-bond acceptors (Lipinski definition) is 6. The Kier molecular flexibility index (Phi) is 4.36. The van der Waals surface area contributed by atoms with Crippen molar-refractivity contribution in [3.05, 3.63) is 24.0 Å². The Hall–Kier alpha value is -2.44. The Morgan fingerprint density at radius 3 is 2.67 bits per heavy atom. The molecule has 0 bridgehead atoms.